The maximum Gasteiger partial charge on any atom is 0.280 e. The van der Waals surface area contributed by atoms with Gasteiger partial charge in [0.25, 0.3) is 6.43 Å². The maximum atomic E-state index is 12.5. The Morgan fingerprint density at radius 2 is 1.95 bits per heavy atom. The number of alkyl halides is 2. The van der Waals surface area contributed by atoms with Gasteiger partial charge < -0.3 is 9.05 Å². The Morgan fingerprint density at radius 1 is 1.14 bits per heavy atom. The van der Waals surface area contributed by atoms with Crippen molar-refractivity contribution in [1.29, 1.82) is 0 Å². The van der Waals surface area contributed by atoms with Crippen LogP contribution in [0.3, 0.4) is 0 Å². The fraction of sp³-hybridized carbons (Fsp3) is 0.286. The van der Waals surface area contributed by atoms with E-state index in [0.717, 1.165) is 11.3 Å². The summed E-state index contributed by atoms with van der Waals surface area (Å²) in [6, 6.07) is 2.73. The number of nitrogens with zero attached hydrogens (tertiary/aromatic N) is 4. The molecule has 0 N–H and O–H groups in total. The van der Waals surface area contributed by atoms with Crippen molar-refractivity contribution in [3.8, 4) is 11.4 Å². The minimum atomic E-state index is -2.60. The number of hydrogen-bond acceptors (Lipinski definition) is 6. The second-order valence-electron chi connectivity index (χ2n) is 4.76. The molecule has 114 valence electrons. The summed E-state index contributed by atoms with van der Waals surface area (Å²) in [6.45, 7) is 3.63. The predicted molar refractivity (Wildman–Crippen MR) is 71.3 cm³/mol. The van der Waals surface area contributed by atoms with E-state index in [1.807, 2.05) is 6.92 Å². The molecule has 0 spiro atoms. The van der Waals surface area contributed by atoms with Gasteiger partial charge in [0.05, 0.1) is 12.1 Å². The van der Waals surface area contributed by atoms with Crippen LogP contribution in [0.1, 0.15) is 35.0 Å². The third-order valence-corrected chi connectivity index (χ3v) is 3.25. The lowest BCUT2D eigenvalue weighted by Crippen LogP contribution is -1.92. The van der Waals surface area contributed by atoms with Gasteiger partial charge in [-0.1, -0.05) is 10.3 Å². The summed E-state index contributed by atoms with van der Waals surface area (Å²) in [5, 5.41) is 7.69. The monoisotopic (exact) mass is 306 g/mol. The molecule has 0 aliphatic rings. The fourth-order valence-electron chi connectivity index (χ4n) is 2.02. The Kier molecular flexibility index (Phi) is 3.66. The van der Waals surface area contributed by atoms with Gasteiger partial charge in [-0.15, -0.1) is 0 Å². The van der Waals surface area contributed by atoms with Crippen molar-refractivity contribution in [1.82, 2.24) is 20.3 Å². The molecule has 6 nitrogen and oxygen atoms in total. The normalized spacial score (nSPS) is 11.3. The molecule has 0 saturated carbocycles. The minimum Gasteiger partial charge on any atom is -0.361 e. The highest BCUT2D eigenvalue weighted by molar-refractivity contribution is 5.52. The van der Waals surface area contributed by atoms with Gasteiger partial charge in [0.1, 0.15) is 11.5 Å². The van der Waals surface area contributed by atoms with E-state index >= 15 is 0 Å². The molecule has 0 aromatic carbocycles. The smallest absolute Gasteiger partial charge is 0.280 e. The fourth-order valence-corrected chi connectivity index (χ4v) is 2.02. The maximum absolute atomic E-state index is 12.5. The van der Waals surface area contributed by atoms with Crippen LogP contribution in [0.25, 0.3) is 11.4 Å². The second-order valence-corrected chi connectivity index (χ2v) is 4.76. The first kappa shape index (κ1) is 14.3. The van der Waals surface area contributed by atoms with Gasteiger partial charge in [-0.05, 0) is 26.0 Å². The Morgan fingerprint density at radius 3 is 2.55 bits per heavy atom. The Labute approximate surface area is 124 Å². The first-order valence-electron chi connectivity index (χ1n) is 6.53. The zero-order valence-corrected chi connectivity index (χ0v) is 11.9. The van der Waals surface area contributed by atoms with Crippen molar-refractivity contribution >= 4 is 0 Å². The summed E-state index contributed by atoms with van der Waals surface area (Å²) in [6.07, 6.45) is -0.905. The molecule has 3 heterocycles. The molecule has 0 bridgehead atoms. The van der Waals surface area contributed by atoms with E-state index in [4.69, 9.17) is 9.05 Å². The molecular formula is C14H12F2N4O2. The molecule has 0 fully saturated rings. The molecule has 3 aromatic heterocycles. The van der Waals surface area contributed by atoms with Crippen LogP contribution in [0.2, 0.25) is 0 Å². The van der Waals surface area contributed by atoms with Gasteiger partial charge in [-0.3, -0.25) is 4.98 Å². The zero-order chi connectivity index (χ0) is 15.7. The van der Waals surface area contributed by atoms with Crippen LogP contribution in [0.15, 0.2) is 27.4 Å². The Bertz CT molecular complexity index is 761. The van der Waals surface area contributed by atoms with Gasteiger partial charge in [-0.25, -0.2) is 8.78 Å². The molecule has 3 aromatic rings. The first-order chi connectivity index (χ1) is 10.5. The molecule has 0 aliphatic carbocycles. The van der Waals surface area contributed by atoms with Crippen molar-refractivity contribution in [3.05, 3.63) is 46.9 Å². The van der Waals surface area contributed by atoms with Crippen molar-refractivity contribution in [2.24, 2.45) is 0 Å². The zero-order valence-electron chi connectivity index (χ0n) is 11.9. The molecule has 0 aliphatic heterocycles. The Balaban J connectivity index is 1.81. The van der Waals surface area contributed by atoms with Crippen LogP contribution in [0.5, 0.6) is 0 Å². The Hall–Kier alpha value is -2.64. The third-order valence-electron chi connectivity index (χ3n) is 3.25. The van der Waals surface area contributed by atoms with Crippen LogP contribution >= 0.6 is 0 Å². The molecule has 0 atom stereocenters. The van der Waals surface area contributed by atoms with Crippen LogP contribution < -0.4 is 0 Å². The van der Waals surface area contributed by atoms with Crippen LogP contribution in [0, 0.1) is 13.8 Å². The summed E-state index contributed by atoms with van der Waals surface area (Å²) in [7, 11) is 0. The van der Waals surface area contributed by atoms with E-state index in [1.54, 1.807) is 6.92 Å². The quantitative estimate of drug-likeness (QED) is 0.736. The van der Waals surface area contributed by atoms with Gasteiger partial charge in [-0.2, -0.15) is 4.98 Å². The summed E-state index contributed by atoms with van der Waals surface area (Å²) < 4.78 is 35.2. The van der Waals surface area contributed by atoms with Gasteiger partial charge in [0.15, 0.2) is 0 Å². The lowest BCUT2D eigenvalue weighted by Gasteiger charge is -1.98. The van der Waals surface area contributed by atoms with Crippen molar-refractivity contribution in [2.75, 3.05) is 0 Å². The summed E-state index contributed by atoms with van der Waals surface area (Å²) >= 11 is 0. The van der Waals surface area contributed by atoms with Crippen LogP contribution in [0.4, 0.5) is 8.78 Å². The van der Waals surface area contributed by atoms with Crippen molar-refractivity contribution < 1.29 is 17.8 Å². The number of hydrogen-bond donors (Lipinski definition) is 0. The lowest BCUT2D eigenvalue weighted by atomic mass is 10.1. The summed E-state index contributed by atoms with van der Waals surface area (Å²) in [4.78, 5) is 7.91. The second kappa shape index (κ2) is 5.63. The average Bonchev–Trinajstić information content (AvgIpc) is 3.10. The predicted octanol–water partition coefficient (Wildman–Crippen LogP) is 3.26. The average molecular weight is 306 g/mol. The number of pyridine rings is 1. The largest absolute Gasteiger partial charge is 0.361 e. The molecule has 3 rings (SSSR count). The molecule has 22 heavy (non-hydrogen) atoms. The molecule has 0 saturated heterocycles. The topological polar surface area (TPSA) is 77.8 Å². The number of halogens is 2. The van der Waals surface area contributed by atoms with E-state index in [9.17, 15) is 8.78 Å². The van der Waals surface area contributed by atoms with Crippen molar-refractivity contribution in [2.45, 2.75) is 26.7 Å². The van der Waals surface area contributed by atoms with Gasteiger partial charge >= 0.3 is 0 Å². The molecule has 0 radical (unpaired) electrons. The highest BCUT2D eigenvalue weighted by Gasteiger charge is 2.16. The highest BCUT2D eigenvalue weighted by atomic mass is 19.3. The SMILES string of the molecule is Cc1noc(C)c1Cc1nc(-c2ccc(C(F)F)nc2)no1. The molecule has 8 heteroatoms. The number of rotatable bonds is 4. The van der Waals surface area contributed by atoms with E-state index in [1.165, 1.54) is 18.3 Å². The van der Waals surface area contributed by atoms with E-state index in [-0.39, 0.29) is 5.69 Å². The van der Waals surface area contributed by atoms with E-state index in [2.05, 4.69) is 20.3 Å². The standard InChI is InChI=1S/C14H12F2N4O2/c1-7-10(8(2)21-19-7)5-12-18-14(20-22-12)9-3-4-11(13(15)16)17-6-9/h3-4,6,13H,5H2,1-2H3. The van der Waals surface area contributed by atoms with Crippen LogP contribution in [-0.2, 0) is 6.42 Å². The van der Waals surface area contributed by atoms with E-state index < -0.39 is 6.43 Å². The van der Waals surface area contributed by atoms with Crippen LogP contribution in [-0.4, -0.2) is 20.3 Å². The minimum absolute atomic E-state index is 0.289. The lowest BCUT2D eigenvalue weighted by molar-refractivity contribution is 0.146. The van der Waals surface area contributed by atoms with Gasteiger partial charge in [0, 0.05) is 17.3 Å². The first-order valence-corrected chi connectivity index (χ1v) is 6.53. The third kappa shape index (κ3) is 2.72. The molecule has 0 amide bonds. The number of aryl methyl sites for hydroxylation is 2. The highest BCUT2D eigenvalue weighted by Crippen LogP contribution is 2.22. The molecule has 0 unspecified atom stereocenters. The van der Waals surface area contributed by atoms with Crippen molar-refractivity contribution in [3.63, 3.8) is 0 Å². The number of aromatic nitrogens is 4. The van der Waals surface area contributed by atoms with E-state index in [0.29, 0.717) is 29.5 Å². The summed E-state index contributed by atoms with van der Waals surface area (Å²) in [5.41, 5.74) is 1.88. The summed E-state index contributed by atoms with van der Waals surface area (Å²) in [5.74, 6) is 1.39. The molecular weight excluding hydrogens is 294 g/mol. The van der Waals surface area contributed by atoms with Gasteiger partial charge in [0.2, 0.25) is 11.7 Å².